The van der Waals surface area contributed by atoms with Gasteiger partial charge >= 0.3 is 11.5 Å². The summed E-state index contributed by atoms with van der Waals surface area (Å²) in [6.45, 7) is 0. The Morgan fingerprint density at radius 2 is 1.86 bits per heavy atom. The molecule has 74 valence electrons. The van der Waals surface area contributed by atoms with Gasteiger partial charge in [0, 0.05) is 7.05 Å². The molecule has 0 saturated carbocycles. The van der Waals surface area contributed by atoms with Crippen LogP contribution in [-0.2, 0) is 0 Å². The Balaban J connectivity index is 2.62. The predicted molar refractivity (Wildman–Crippen MR) is 51.5 cm³/mol. The quantitative estimate of drug-likeness (QED) is 0.532. The van der Waals surface area contributed by atoms with Crippen LogP contribution in [0.1, 0.15) is 0 Å². The highest BCUT2D eigenvalue weighted by Crippen LogP contribution is 2.10. The lowest BCUT2D eigenvalue weighted by molar-refractivity contribution is 0.170. The fraction of sp³-hybridized carbons (Fsp3) is 0.111. The van der Waals surface area contributed by atoms with Crippen LogP contribution < -0.4 is 4.74 Å². The molecule has 0 heterocycles. The van der Waals surface area contributed by atoms with Crippen molar-refractivity contribution < 1.29 is 14.3 Å². The fourth-order valence-electron chi connectivity index (χ4n) is 0.730. The van der Waals surface area contributed by atoms with Gasteiger partial charge in [0.2, 0.25) is 0 Å². The third-order valence-electron chi connectivity index (χ3n) is 1.49. The second-order valence-corrected chi connectivity index (χ2v) is 2.82. The fourth-order valence-corrected chi connectivity index (χ4v) is 0.799. The molecule has 4 nitrogen and oxygen atoms in total. The lowest BCUT2D eigenvalue weighted by Gasteiger charge is -2.10. The van der Waals surface area contributed by atoms with Crippen LogP contribution in [0.3, 0.4) is 0 Å². The molecule has 0 aliphatic rings. The lowest BCUT2D eigenvalue weighted by atomic mass is 10.3. The van der Waals surface area contributed by atoms with E-state index in [1.807, 2.05) is 0 Å². The van der Waals surface area contributed by atoms with Crippen molar-refractivity contribution in [3.8, 4) is 5.75 Å². The van der Waals surface area contributed by atoms with Gasteiger partial charge in [-0.15, -0.1) is 0 Å². The van der Waals surface area contributed by atoms with Crippen molar-refractivity contribution in [2.75, 3.05) is 7.05 Å². The zero-order valence-corrected chi connectivity index (χ0v) is 8.19. The maximum absolute atomic E-state index is 11.2. The van der Waals surface area contributed by atoms with Crippen LogP contribution >= 0.6 is 11.6 Å². The van der Waals surface area contributed by atoms with Gasteiger partial charge in [-0.25, -0.2) is 9.69 Å². The molecular weight excluding hydrogens is 206 g/mol. The third-order valence-corrected chi connectivity index (χ3v) is 1.74. The van der Waals surface area contributed by atoms with E-state index in [4.69, 9.17) is 16.3 Å². The van der Waals surface area contributed by atoms with Crippen molar-refractivity contribution in [3.05, 3.63) is 30.3 Å². The van der Waals surface area contributed by atoms with Crippen molar-refractivity contribution in [2.24, 2.45) is 0 Å². The zero-order chi connectivity index (χ0) is 10.6. The molecule has 0 saturated heterocycles. The Hall–Kier alpha value is -1.55. The van der Waals surface area contributed by atoms with Gasteiger partial charge in [0.25, 0.3) is 0 Å². The number of nitrogens with zero attached hydrogens (tertiary/aromatic N) is 1. The molecule has 2 amide bonds. The van der Waals surface area contributed by atoms with Gasteiger partial charge in [-0.1, -0.05) is 18.2 Å². The van der Waals surface area contributed by atoms with Gasteiger partial charge in [-0.05, 0) is 23.7 Å². The minimum Gasteiger partial charge on any atom is -0.410 e. The van der Waals surface area contributed by atoms with Gasteiger partial charge < -0.3 is 4.74 Å². The second kappa shape index (κ2) is 4.62. The first kappa shape index (κ1) is 10.5. The molecule has 0 bridgehead atoms. The summed E-state index contributed by atoms with van der Waals surface area (Å²) in [7, 11) is 1.24. The number of ether oxygens (including phenoxy) is 1. The number of carbonyl (C=O) groups excluding carboxylic acids is 2. The topological polar surface area (TPSA) is 46.6 Å². The minimum absolute atomic E-state index is 0.363. The second-order valence-electron chi connectivity index (χ2n) is 2.49. The third kappa shape index (κ3) is 2.74. The van der Waals surface area contributed by atoms with Crippen LogP contribution in [0, 0.1) is 0 Å². The van der Waals surface area contributed by atoms with E-state index < -0.39 is 11.5 Å². The molecule has 14 heavy (non-hydrogen) atoms. The molecular formula is C9H8ClNO3. The number of carbonyl (C=O) groups is 2. The first-order valence-electron chi connectivity index (χ1n) is 3.81. The highest BCUT2D eigenvalue weighted by Gasteiger charge is 2.16. The van der Waals surface area contributed by atoms with Crippen LogP contribution in [-0.4, -0.2) is 23.4 Å². The Morgan fingerprint density at radius 3 is 2.36 bits per heavy atom. The molecule has 0 aliphatic carbocycles. The summed E-state index contributed by atoms with van der Waals surface area (Å²) < 4.78 is 4.82. The van der Waals surface area contributed by atoms with Crippen LogP contribution in [0.15, 0.2) is 30.3 Å². The van der Waals surface area contributed by atoms with E-state index in [1.165, 1.54) is 7.05 Å². The highest BCUT2D eigenvalue weighted by molar-refractivity contribution is 6.63. The summed E-state index contributed by atoms with van der Waals surface area (Å²) in [5, 5.41) is -0.883. The van der Waals surface area contributed by atoms with E-state index in [-0.39, 0.29) is 0 Å². The van der Waals surface area contributed by atoms with Gasteiger partial charge in [0.15, 0.2) is 0 Å². The van der Waals surface area contributed by atoms with Gasteiger partial charge in [-0.2, -0.15) is 0 Å². The van der Waals surface area contributed by atoms with Crippen LogP contribution in [0.25, 0.3) is 0 Å². The summed E-state index contributed by atoms with van der Waals surface area (Å²) in [5.74, 6) is 0.363. The van der Waals surface area contributed by atoms with E-state index in [2.05, 4.69) is 0 Å². The molecule has 0 aromatic heterocycles. The smallest absolute Gasteiger partial charge is 0.410 e. The summed E-state index contributed by atoms with van der Waals surface area (Å²) in [6, 6.07) is 8.42. The van der Waals surface area contributed by atoms with E-state index >= 15 is 0 Å². The predicted octanol–water partition coefficient (Wildman–Crippen LogP) is 2.48. The Morgan fingerprint density at radius 1 is 1.29 bits per heavy atom. The van der Waals surface area contributed by atoms with Crippen LogP contribution in [0.4, 0.5) is 9.59 Å². The number of amides is 2. The van der Waals surface area contributed by atoms with Crippen LogP contribution in [0.5, 0.6) is 5.75 Å². The average molecular weight is 214 g/mol. The van der Waals surface area contributed by atoms with Crippen molar-refractivity contribution >= 4 is 23.1 Å². The number of para-hydroxylation sites is 1. The summed E-state index contributed by atoms with van der Waals surface area (Å²) >= 11 is 5.08. The summed E-state index contributed by atoms with van der Waals surface area (Å²) in [5.41, 5.74) is 0. The van der Waals surface area contributed by atoms with Crippen molar-refractivity contribution in [1.29, 1.82) is 0 Å². The summed E-state index contributed by atoms with van der Waals surface area (Å²) in [4.78, 5) is 22.4. The number of imide groups is 1. The van der Waals surface area contributed by atoms with Gasteiger partial charge in [0.05, 0.1) is 0 Å². The number of halogens is 1. The van der Waals surface area contributed by atoms with Crippen molar-refractivity contribution in [2.45, 2.75) is 0 Å². The molecule has 5 heteroatoms. The molecule has 0 atom stereocenters. The molecule has 0 radical (unpaired) electrons. The maximum Gasteiger partial charge on any atom is 0.422 e. The Labute approximate surface area is 86.0 Å². The van der Waals surface area contributed by atoms with Gasteiger partial charge in [0.1, 0.15) is 5.75 Å². The normalized spacial score (nSPS) is 9.29. The molecule has 0 N–H and O–H groups in total. The molecule has 0 fully saturated rings. The highest BCUT2D eigenvalue weighted by atomic mass is 35.5. The van der Waals surface area contributed by atoms with E-state index in [9.17, 15) is 9.59 Å². The first-order chi connectivity index (χ1) is 6.61. The SMILES string of the molecule is CN(C(=O)Cl)C(=O)Oc1ccccc1. The van der Waals surface area contributed by atoms with Crippen LogP contribution in [0.2, 0.25) is 0 Å². The largest absolute Gasteiger partial charge is 0.422 e. The number of hydrogen-bond donors (Lipinski definition) is 0. The summed E-state index contributed by atoms with van der Waals surface area (Å²) in [6.07, 6.45) is -0.809. The van der Waals surface area contributed by atoms with Crippen molar-refractivity contribution in [3.63, 3.8) is 0 Å². The first-order valence-corrected chi connectivity index (χ1v) is 4.19. The maximum atomic E-state index is 11.2. The van der Waals surface area contributed by atoms with E-state index in [0.717, 1.165) is 0 Å². The molecule has 1 aromatic rings. The zero-order valence-electron chi connectivity index (χ0n) is 7.44. The Kier molecular flexibility index (Phi) is 3.48. The Bertz CT molecular complexity index is 339. The molecule has 1 rings (SSSR count). The number of benzene rings is 1. The standard InChI is InChI=1S/C9H8ClNO3/c1-11(8(10)12)9(13)14-7-5-3-2-4-6-7/h2-6H,1H3. The van der Waals surface area contributed by atoms with Crippen molar-refractivity contribution in [1.82, 2.24) is 4.90 Å². The average Bonchev–Trinajstić information content (AvgIpc) is 2.18. The minimum atomic E-state index is -0.883. The van der Waals surface area contributed by atoms with E-state index in [1.54, 1.807) is 30.3 Å². The monoisotopic (exact) mass is 213 g/mol. The van der Waals surface area contributed by atoms with Gasteiger partial charge in [-0.3, -0.25) is 4.79 Å². The molecule has 1 aromatic carbocycles. The molecule has 0 spiro atoms. The van der Waals surface area contributed by atoms with E-state index in [0.29, 0.717) is 10.6 Å². The molecule has 0 unspecified atom stereocenters. The number of hydrogen-bond acceptors (Lipinski definition) is 3. The lowest BCUT2D eigenvalue weighted by Crippen LogP contribution is -2.31. The molecule has 0 aliphatic heterocycles. The number of rotatable bonds is 1.